The number of aromatic nitrogens is 1. The fourth-order valence-electron chi connectivity index (χ4n) is 3.60. The summed E-state index contributed by atoms with van der Waals surface area (Å²) in [6.45, 7) is 4.85. The molecule has 0 bridgehead atoms. The number of furan rings is 1. The van der Waals surface area contributed by atoms with E-state index in [-0.39, 0.29) is 28.0 Å². The standard InChI is InChI=1S/C21H22FN3O5/c1-12-3-4-16(15(22)9-12)23-19-17(21(27)28)18-14(20(26)24(19)2)10-13(30-18)11-25-5-7-29-8-6-25/h3-4,9-10,23H,5-8,11H2,1-2H3,(H,27,28). The highest BCUT2D eigenvalue weighted by atomic mass is 19.1. The number of hydrogen-bond acceptors (Lipinski definition) is 6. The van der Waals surface area contributed by atoms with Gasteiger partial charge >= 0.3 is 5.97 Å². The third kappa shape index (κ3) is 3.69. The van der Waals surface area contributed by atoms with Crippen molar-refractivity contribution in [2.24, 2.45) is 7.05 Å². The third-order valence-corrected chi connectivity index (χ3v) is 5.19. The predicted octanol–water partition coefficient (Wildman–Crippen LogP) is 2.85. The maximum atomic E-state index is 14.3. The van der Waals surface area contributed by atoms with Crippen LogP contribution in [0.4, 0.5) is 15.9 Å². The number of nitrogens with one attached hydrogen (secondary N) is 1. The molecule has 9 heteroatoms. The van der Waals surface area contributed by atoms with Gasteiger partial charge in [0.2, 0.25) is 0 Å². The average molecular weight is 415 g/mol. The van der Waals surface area contributed by atoms with E-state index >= 15 is 0 Å². The van der Waals surface area contributed by atoms with Crippen LogP contribution in [0.1, 0.15) is 21.7 Å². The monoisotopic (exact) mass is 415 g/mol. The lowest BCUT2D eigenvalue weighted by Gasteiger charge is -2.25. The number of benzene rings is 1. The van der Waals surface area contributed by atoms with E-state index in [1.54, 1.807) is 19.1 Å². The molecule has 0 saturated carbocycles. The summed E-state index contributed by atoms with van der Waals surface area (Å²) in [5, 5.41) is 12.8. The van der Waals surface area contributed by atoms with Gasteiger partial charge in [-0.25, -0.2) is 9.18 Å². The van der Waals surface area contributed by atoms with Gasteiger partial charge in [0.15, 0.2) is 5.58 Å². The molecule has 2 aromatic heterocycles. The molecule has 1 saturated heterocycles. The zero-order valence-electron chi connectivity index (χ0n) is 16.7. The molecule has 4 rings (SSSR count). The lowest BCUT2D eigenvalue weighted by atomic mass is 10.1. The highest BCUT2D eigenvalue weighted by molar-refractivity contribution is 6.06. The van der Waals surface area contributed by atoms with Gasteiger partial charge in [0.1, 0.15) is 23.0 Å². The fraction of sp³-hybridized carbons (Fsp3) is 0.333. The number of anilines is 2. The van der Waals surface area contributed by atoms with Crippen molar-refractivity contribution in [3.8, 4) is 0 Å². The highest BCUT2D eigenvalue weighted by Crippen LogP contribution is 2.30. The number of pyridine rings is 1. The van der Waals surface area contributed by atoms with Crippen molar-refractivity contribution in [3.63, 3.8) is 0 Å². The molecule has 1 aliphatic heterocycles. The van der Waals surface area contributed by atoms with Gasteiger partial charge < -0.3 is 19.6 Å². The molecule has 0 amide bonds. The molecule has 30 heavy (non-hydrogen) atoms. The highest BCUT2D eigenvalue weighted by Gasteiger charge is 2.25. The minimum Gasteiger partial charge on any atom is -0.477 e. The summed E-state index contributed by atoms with van der Waals surface area (Å²) < 4.78 is 26.7. The second kappa shape index (κ2) is 7.92. The SMILES string of the molecule is Cc1ccc(Nc2c(C(=O)O)c3oc(CN4CCOCC4)cc3c(=O)n2C)c(F)c1. The Labute approximate surface area is 171 Å². The summed E-state index contributed by atoms with van der Waals surface area (Å²) in [4.78, 5) is 27.1. The molecule has 158 valence electrons. The summed E-state index contributed by atoms with van der Waals surface area (Å²) in [5.74, 6) is -1.38. The maximum absolute atomic E-state index is 14.3. The Morgan fingerprint density at radius 1 is 1.27 bits per heavy atom. The van der Waals surface area contributed by atoms with Crippen LogP contribution in [-0.4, -0.2) is 46.8 Å². The Kier molecular flexibility index (Phi) is 5.31. The number of carboxylic acid groups (broad SMARTS) is 1. The first kappa shape index (κ1) is 20.1. The van der Waals surface area contributed by atoms with Gasteiger partial charge in [-0.05, 0) is 30.7 Å². The van der Waals surface area contributed by atoms with Gasteiger partial charge in [0, 0.05) is 20.1 Å². The Hall–Kier alpha value is -3.17. The molecule has 0 radical (unpaired) electrons. The van der Waals surface area contributed by atoms with Gasteiger partial charge in [-0.1, -0.05) is 6.07 Å². The number of aryl methyl sites for hydroxylation is 1. The number of carbonyl (C=O) groups is 1. The van der Waals surface area contributed by atoms with Crippen LogP contribution in [0.5, 0.6) is 0 Å². The van der Waals surface area contributed by atoms with Crippen LogP contribution < -0.4 is 10.9 Å². The van der Waals surface area contributed by atoms with Gasteiger partial charge in [0.05, 0.1) is 30.8 Å². The first-order valence-corrected chi connectivity index (χ1v) is 9.57. The molecule has 3 aromatic rings. The quantitative estimate of drug-likeness (QED) is 0.661. The number of halogens is 1. The zero-order chi connectivity index (χ0) is 21.4. The number of carboxylic acids is 1. The maximum Gasteiger partial charge on any atom is 0.343 e. The number of nitrogens with zero attached hydrogens (tertiary/aromatic N) is 2. The van der Waals surface area contributed by atoms with E-state index in [1.807, 2.05) is 0 Å². The van der Waals surface area contributed by atoms with E-state index in [2.05, 4.69) is 10.2 Å². The molecule has 2 N–H and O–H groups in total. The van der Waals surface area contributed by atoms with E-state index in [4.69, 9.17) is 9.15 Å². The lowest BCUT2D eigenvalue weighted by molar-refractivity contribution is 0.0315. The van der Waals surface area contributed by atoms with Crippen molar-refractivity contribution in [2.45, 2.75) is 13.5 Å². The molecule has 3 heterocycles. The van der Waals surface area contributed by atoms with Crippen molar-refractivity contribution in [1.29, 1.82) is 0 Å². The molecule has 0 atom stereocenters. The molecular weight excluding hydrogens is 393 g/mol. The summed E-state index contributed by atoms with van der Waals surface area (Å²) in [6, 6.07) is 6.09. The second-order valence-electron chi connectivity index (χ2n) is 7.35. The first-order chi connectivity index (χ1) is 14.3. The van der Waals surface area contributed by atoms with Crippen LogP contribution in [0.3, 0.4) is 0 Å². The number of morpholine rings is 1. The molecular formula is C21H22FN3O5. The third-order valence-electron chi connectivity index (χ3n) is 5.19. The molecule has 0 aliphatic carbocycles. The molecule has 1 fully saturated rings. The first-order valence-electron chi connectivity index (χ1n) is 9.57. The minimum absolute atomic E-state index is 0.0242. The van der Waals surface area contributed by atoms with E-state index in [0.29, 0.717) is 25.5 Å². The van der Waals surface area contributed by atoms with Crippen molar-refractivity contribution < 1.29 is 23.4 Å². The van der Waals surface area contributed by atoms with E-state index in [1.165, 1.54) is 23.7 Å². The summed E-state index contributed by atoms with van der Waals surface area (Å²) in [5.41, 5.74) is 0.114. The molecule has 1 aliphatic rings. The lowest BCUT2D eigenvalue weighted by Crippen LogP contribution is -2.35. The van der Waals surface area contributed by atoms with Crippen LogP contribution in [0.15, 0.2) is 33.5 Å². The Bertz CT molecular complexity index is 1180. The van der Waals surface area contributed by atoms with Crippen LogP contribution in [0.25, 0.3) is 11.0 Å². The van der Waals surface area contributed by atoms with E-state index < -0.39 is 17.3 Å². The number of fused-ring (bicyclic) bond motifs is 1. The van der Waals surface area contributed by atoms with Crippen LogP contribution in [0.2, 0.25) is 0 Å². The Balaban J connectivity index is 1.81. The van der Waals surface area contributed by atoms with Gasteiger partial charge in [-0.2, -0.15) is 0 Å². The van der Waals surface area contributed by atoms with Crippen LogP contribution in [0, 0.1) is 12.7 Å². The molecule has 1 aromatic carbocycles. The van der Waals surface area contributed by atoms with Crippen LogP contribution in [-0.2, 0) is 18.3 Å². The van der Waals surface area contributed by atoms with Crippen molar-refractivity contribution >= 4 is 28.4 Å². The fourth-order valence-corrected chi connectivity index (χ4v) is 3.60. The Morgan fingerprint density at radius 2 is 2.00 bits per heavy atom. The van der Waals surface area contributed by atoms with Gasteiger partial charge in [0.25, 0.3) is 5.56 Å². The summed E-state index contributed by atoms with van der Waals surface area (Å²) >= 11 is 0. The summed E-state index contributed by atoms with van der Waals surface area (Å²) in [6.07, 6.45) is 0. The van der Waals surface area contributed by atoms with E-state index in [9.17, 15) is 19.1 Å². The average Bonchev–Trinajstić information content (AvgIpc) is 3.11. The van der Waals surface area contributed by atoms with Crippen molar-refractivity contribution in [1.82, 2.24) is 9.47 Å². The van der Waals surface area contributed by atoms with Gasteiger partial charge in [-0.15, -0.1) is 0 Å². The van der Waals surface area contributed by atoms with E-state index in [0.717, 1.165) is 18.7 Å². The second-order valence-corrected chi connectivity index (χ2v) is 7.35. The minimum atomic E-state index is -1.28. The number of hydrogen-bond donors (Lipinski definition) is 2. The smallest absolute Gasteiger partial charge is 0.343 e. The summed E-state index contributed by atoms with van der Waals surface area (Å²) in [7, 11) is 1.44. The number of aromatic carboxylic acids is 1. The predicted molar refractivity (Wildman–Crippen MR) is 109 cm³/mol. The number of ether oxygens (including phenoxy) is 1. The zero-order valence-corrected chi connectivity index (χ0v) is 16.7. The largest absolute Gasteiger partial charge is 0.477 e. The normalized spacial score (nSPS) is 14.9. The molecule has 0 unspecified atom stereocenters. The Morgan fingerprint density at radius 3 is 2.67 bits per heavy atom. The molecule has 8 nitrogen and oxygen atoms in total. The van der Waals surface area contributed by atoms with Crippen molar-refractivity contribution in [2.75, 3.05) is 31.6 Å². The van der Waals surface area contributed by atoms with Crippen molar-refractivity contribution in [3.05, 3.63) is 57.3 Å². The molecule has 0 spiro atoms. The van der Waals surface area contributed by atoms with Crippen LogP contribution >= 0.6 is 0 Å². The number of rotatable bonds is 5. The topological polar surface area (TPSA) is 96.9 Å². The van der Waals surface area contributed by atoms with Gasteiger partial charge in [-0.3, -0.25) is 14.3 Å².